The van der Waals surface area contributed by atoms with Gasteiger partial charge < -0.3 is 15.3 Å². The van der Waals surface area contributed by atoms with E-state index in [0.717, 1.165) is 25.7 Å². The third-order valence-corrected chi connectivity index (χ3v) is 3.95. The number of carboxylic acid groups (broad SMARTS) is 1. The van der Waals surface area contributed by atoms with Crippen LogP contribution in [0.1, 0.15) is 32.6 Å². The van der Waals surface area contributed by atoms with E-state index in [4.69, 9.17) is 6.42 Å². The van der Waals surface area contributed by atoms with Gasteiger partial charge in [0.2, 0.25) is 0 Å². The molecular formula is C14H20N2O3. The van der Waals surface area contributed by atoms with Crippen LogP contribution >= 0.6 is 0 Å². The second-order valence-corrected chi connectivity index (χ2v) is 5.74. The Morgan fingerprint density at radius 2 is 2.05 bits per heavy atom. The molecule has 0 saturated heterocycles. The number of aliphatic carboxylic acids is 1. The number of hydrogen-bond acceptors (Lipinski definition) is 2. The highest BCUT2D eigenvalue weighted by atomic mass is 16.4. The summed E-state index contributed by atoms with van der Waals surface area (Å²) >= 11 is 0. The largest absolute Gasteiger partial charge is 0.480 e. The molecule has 5 heteroatoms. The Morgan fingerprint density at radius 3 is 2.47 bits per heavy atom. The van der Waals surface area contributed by atoms with E-state index >= 15 is 0 Å². The molecule has 2 aliphatic rings. The van der Waals surface area contributed by atoms with Crippen molar-refractivity contribution in [1.29, 1.82) is 0 Å². The molecule has 0 bridgehead atoms. The van der Waals surface area contributed by atoms with Crippen LogP contribution in [0.5, 0.6) is 0 Å². The summed E-state index contributed by atoms with van der Waals surface area (Å²) in [5.74, 6) is 2.04. The number of terminal acetylenes is 1. The molecule has 2 aliphatic carbocycles. The van der Waals surface area contributed by atoms with Crippen LogP contribution in [0.15, 0.2) is 0 Å². The molecule has 0 aromatic heterocycles. The summed E-state index contributed by atoms with van der Waals surface area (Å²) in [5.41, 5.74) is -1.17. The average molecular weight is 264 g/mol. The fraction of sp³-hybridized carbons (Fsp3) is 0.714. The molecular weight excluding hydrogens is 244 g/mol. The Kier molecular flexibility index (Phi) is 3.70. The fourth-order valence-corrected chi connectivity index (χ4v) is 2.23. The Hall–Kier alpha value is -1.70. The van der Waals surface area contributed by atoms with Crippen LogP contribution in [0.2, 0.25) is 0 Å². The summed E-state index contributed by atoms with van der Waals surface area (Å²) in [4.78, 5) is 25.1. The van der Waals surface area contributed by atoms with Gasteiger partial charge in [0.05, 0.1) is 6.54 Å². The molecule has 2 amide bonds. The smallest absolute Gasteiger partial charge is 0.329 e. The SMILES string of the molecule is C#CCN(CC1CC1)C(=O)NC(C)(C(=O)O)C1CC1. The van der Waals surface area contributed by atoms with Gasteiger partial charge in [0.1, 0.15) is 5.54 Å². The molecule has 2 saturated carbocycles. The first-order valence-electron chi connectivity index (χ1n) is 6.71. The van der Waals surface area contributed by atoms with Crippen molar-refractivity contribution < 1.29 is 14.7 Å². The molecule has 0 spiro atoms. The van der Waals surface area contributed by atoms with Gasteiger partial charge in [0.15, 0.2) is 0 Å². The topological polar surface area (TPSA) is 69.6 Å². The van der Waals surface area contributed by atoms with Crippen LogP contribution < -0.4 is 5.32 Å². The number of nitrogens with one attached hydrogen (secondary N) is 1. The number of hydrogen-bond donors (Lipinski definition) is 2. The minimum atomic E-state index is -1.17. The van der Waals surface area contributed by atoms with Gasteiger partial charge in [-0.3, -0.25) is 0 Å². The maximum atomic E-state index is 12.2. The van der Waals surface area contributed by atoms with Crippen molar-refractivity contribution in [3.8, 4) is 12.3 Å². The summed E-state index contributed by atoms with van der Waals surface area (Å²) in [7, 11) is 0. The van der Waals surface area contributed by atoms with Crippen molar-refractivity contribution in [2.45, 2.75) is 38.1 Å². The normalized spacial score (nSPS) is 21.1. The molecule has 104 valence electrons. The van der Waals surface area contributed by atoms with Gasteiger partial charge in [0, 0.05) is 6.54 Å². The maximum Gasteiger partial charge on any atom is 0.329 e. The zero-order valence-corrected chi connectivity index (χ0v) is 11.2. The maximum absolute atomic E-state index is 12.2. The van der Waals surface area contributed by atoms with Crippen molar-refractivity contribution in [2.75, 3.05) is 13.1 Å². The molecule has 19 heavy (non-hydrogen) atoms. The highest BCUT2D eigenvalue weighted by Crippen LogP contribution is 2.40. The monoisotopic (exact) mass is 264 g/mol. The van der Waals surface area contributed by atoms with Crippen molar-refractivity contribution in [3.63, 3.8) is 0 Å². The number of urea groups is 1. The van der Waals surface area contributed by atoms with Crippen molar-refractivity contribution in [2.24, 2.45) is 11.8 Å². The molecule has 0 aromatic carbocycles. The van der Waals surface area contributed by atoms with E-state index in [2.05, 4.69) is 11.2 Å². The average Bonchev–Trinajstić information content (AvgIpc) is 3.20. The summed E-state index contributed by atoms with van der Waals surface area (Å²) in [6.45, 7) is 2.43. The molecule has 0 heterocycles. The van der Waals surface area contributed by atoms with E-state index in [-0.39, 0.29) is 18.5 Å². The first-order valence-corrected chi connectivity index (χ1v) is 6.71. The van der Waals surface area contributed by atoms with Gasteiger partial charge in [-0.2, -0.15) is 0 Å². The minimum Gasteiger partial charge on any atom is -0.480 e. The van der Waals surface area contributed by atoms with Crippen LogP contribution in [0, 0.1) is 24.2 Å². The Balaban J connectivity index is 1.99. The quantitative estimate of drug-likeness (QED) is 0.710. The van der Waals surface area contributed by atoms with Crippen LogP contribution in [-0.2, 0) is 4.79 Å². The summed E-state index contributed by atoms with van der Waals surface area (Å²) < 4.78 is 0. The van der Waals surface area contributed by atoms with E-state index in [1.807, 2.05) is 0 Å². The van der Waals surface area contributed by atoms with E-state index in [1.165, 1.54) is 0 Å². The second-order valence-electron chi connectivity index (χ2n) is 5.74. The number of amides is 2. The minimum absolute atomic E-state index is 0.0301. The third-order valence-electron chi connectivity index (χ3n) is 3.95. The number of carbonyl (C=O) groups excluding carboxylic acids is 1. The van der Waals surface area contributed by atoms with Crippen LogP contribution in [-0.4, -0.2) is 40.6 Å². The van der Waals surface area contributed by atoms with E-state index < -0.39 is 11.5 Å². The Labute approximate surface area is 113 Å². The summed E-state index contributed by atoms with van der Waals surface area (Å²) in [6.07, 6.45) is 9.20. The fourth-order valence-electron chi connectivity index (χ4n) is 2.23. The predicted octanol–water partition coefficient (Wildman–Crippen LogP) is 1.29. The summed E-state index contributed by atoms with van der Waals surface area (Å²) in [5, 5.41) is 12.0. The highest BCUT2D eigenvalue weighted by Gasteiger charge is 2.49. The molecule has 2 N–H and O–H groups in total. The number of carbonyl (C=O) groups is 2. The first-order chi connectivity index (χ1) is 8.97. The summed E-state index contributed by atoms with van der Waals surface area (Å²) in [6, 6.07) is -0.360. The van der Waals surface area contributed by atoms with E-state index in [0.29, 0.717) is 12.5 Å². The lowest BCUT2D eigenvalue weighted by Gasteiger charge is -2.30. The first kappa shape index (κ1) is 13.7. The molecule has 1 atom stereocenters. The van der Waals surface area contributed by atoms with E-state index in [1.54, 1.807) is 11.8 Å². The van der Waals surface area contributed by atoms with Gasteiger partial charge >= 0.3 is 12.0 Å². The van der Waals surface area contributed by atoms with E-state index in [9.17, 15) is 14.7 Å². The van der Waals surface area contributed by atoms with Crippen molar-refractivity contribution in [1.82, 2.24) is 10.2 Å². The third kappa shape index (κ3) is 3.19. The lowest BCUT2D eigenvalue weighted by Crippen LogP contribution is -2.57. The van der Waals surface area contributed by atoms with Crippen molar-refractivity contribution >= 4 is 12.0 Å². The number of rotatable bonds is 6. The molecule has 1 unspecified atom stereocenters. The standard InChI is InChI=1S/C14H20N2O3/c1-3-8-16(9-10-4-5-10)13(19)15-14(2,12(17)18)11-6-7-11/h1,10-11H,4-9H2,2H3,(H,15,19)(H,17,18). The van der Waals surface area contributed by atoms with Gasteiger partial charge in [-0.15, -0.1) is 6.42 Å². The molecule has 2 rings (SSSR count). The van der Waals surface area contributed by atoms with Gasteiger partial charge in [-0.25, -0.2) is 9.59 Å². The molecule has 2 fully saturated rings. The lowest BCUT2D eigenvalue weighted by molar-refractivity contribution is -0.144. The Bertz CT molecular complexity index is 421. The van der Waals surface area contributed by atoms with Gasteiger partial charge in [0.25, 0.3) is 0 Å². The second kappa shape index (κ2) is 5.12. The number of nitrogens with zero attached hydrogens (tertiary/aromatic N) is 1. The van der Waals surface area contributed by atoms with Crippen LogP contribution in [0.25, 0.3) is 0 Å². The molecule has 5 nitrogen and oxygen atoms in total. The van der Waals surface area contributed by atoms with Crippen molar-refractivity contribution in [3.05, 3.63) is 0 Å². The van der Waals surface area contributed by atoms with Gasteiger partial charge in [-0.05, 0) is 44.4 Å². The number of carboxylic acids is 1. The predicted molar refractivity (Wildman–Crippen MR) is 70.4 cm³/mol. The zero-order chi connectivity index (χ0) is 14.0. The highest BCUT2D eigenvalue weighted by molar-refractivity contribution is 5.86. The van der Waals surface area contributed by atoms with Crippen LogP contribution in [0.3, 0.4) is 0 Å². The van der Waals surface area contributed by atoms with Crippen LogP contribution in [0.4, 0.5) is 4.79 Å². The van der Waals surface area contributed by atoms with Gasteiger partial charge in [-0.1, -0.05) is 5.92 Å². The lowest BCUT2D eigenvalue weighted by atomic mass is 9.96. The molecule has 0 aliphatic heterocycles. The molecule has 0 aromatic rings. The molecule has 0 radical (unpaired) electrons. The Morgan fingerprint density at radius 1 is 1.42 bits per heavy atom. The zero-order valence-electron chi connectivity index (χ0n) is 11.2.